The smallest absolute Gasteiger partial charge is 0.317 e. The van der Waals surface area contributed by atoms with Gasteiger partial charge in [0.15, 0.2) is 12.1 Å². The average molecular weight is 525 g/mol. The SMILES string of the molecule is O=C1NCCN1CCNc1ncc(F)c(-c2cc3cccc(-c4cc(F)ncc4C4OCCO4)c3s2)n1. The summed E-state index contributed by atoms with van der Waals surface area (Å²) in [6.07, 6.45) is 1.93. The van der Waals surface area contributed by atoms with Crippen LogP contribution in [0.5, 0.6) is 0 Å². The number of fused-ring (bicyclic) bond motifs is 1. The number of thiophene rings is 1. The quantitative estimate of drug-likeness (QED) is 0.350. The lowest BCUT2D eigenvalue weighted by molar-refractivity contribution is -0.0439. The lowest BCUT2D eigenvalue weighted by Gasteiger charge is -2.15. The number of carbonyl (C=O) groups is 1. The molecule has 2 fully saturated rings. The van der Waals surface area contributed by atoms with Gasteiger partial charge in [0.1, 0.15) is 5.69 Å². The molecular formula is C25H22F2N6O3S. The third-order valence-electron chi connectivity index (χ3n) is 6.20. The monoisotopic (exact) mass is 524 g/mol. The maximum absolute atomic E-state index is 14.8. The van der Waals surface area contributed by atoms with Crippen LogP contribution in [0.4, 0.5) is 19.5 Å². The Bertz CT molecular complexity index is 1480. The second-order valence-corrected chi connectivity index (χ2v) is 9.59. The van der Waals surface area contributed by atoms with Crippen molar-refractivity contribution in [3.8, 4) is 21.7 Å². The molecule has 0 bridgehead atoms. The van der Waals surface area contributed by atoms with E-state index in [1.54, 1.807) is 4.90 Å². The Morgan fingerprint density at radius 2 is 2.00 bits per heavy atom. The van der Waals surface area contributed by atoms with Crippen LogP contribution >= 0.6 is 11.3 Å². The molecule has 0 atom stereocenters. The number of aromatic nitrogens is 3. The van der Waals surface area contributed by atoms with Gasteiger partial charge in [0.2, 0.25) is 11.9 Å². The summed E-state index contributed by atoms with van der Waals surface area (Å²) >= 11 is 1.35. The van der Waals surface area contributed by atoms with Crippen molar-refractivity contribution in [2.45, 2.75) is 6.29 Å². The molecule has 4 aromatic rings. The van der Waals surface area contributed by atoms with Crippen molar-refractivity contribution in [2.24, 2.45) is 0 Å². The van der Waals surface area contributed by atoms with E-state index in [-0.39, 0.29) is 17.7 Å². The van der Waals surface area contributed by atoms with Crippen molar-refractivity contribution in [1.29, 1.82) is 0 Å². The number of hydrogen-bond acceptors (Lipinski definition) is 8. The van der Waals surface area contributed by atoms with Gasteiger partial charge < -0.3 is 25.0 Å². The molecule has 5 heterocycles. The number of nitrogens with one attached hydrogen (secondary N) is 2. The van der Waals surface area contributed by atoms with Crippen molar-refractivity contribution in [3.05, 3.63) is 60.1 Å². The number of ether oxygens (including phenoxy) is 2. The molecule has 190 valence electrons. The molecule has 37 heavy (non-hydrogen) atoms. The molecule has 2 saturated heterocycles. The van der Waals surface area contributed by atoms with E-state index in [1.165, 1.54) is 23.6 Å². The predicted molar refractivity (Wildman–Crippen MR) is 134 cm³/mol. The Hall–Kier alpha value is -3.74. The van der Waals surface area contributed by atoms with E-state index in [9.17, 15) is 13.6 Å². The van der Waals surface area contributed by atoms with Gasteiger partial charge in [-0.25, -0.2) is 24.1 Å². The van der Waals surface area contributed by atoms with Crippen molar-refractivity contribution >= 4 is 33.4 Å². The summed E-state index contributed by atoms with van der Waals surface area (Å²) < 4.78 is 41.2. The molecule has 0 saturated carbocycles. The predicted octanol–water partition coefficient (Wildman–Crippen LogP) is 4.18. The normalized spacial score (nSPS) is 16.1. The molecule has 12 heteroatoms. The van der Waals surface area contributed by atoms with Crippen LogP contribution in [-0.2, 0) is 9.47 Å². The molecule has 0 radical (unpaired) electrons. The summed E-state index contributed by atoms with van der Waals surface area (Å²) in [5.41, 5.74) is 2.16. The topological polar surface area (TPSA) is 102 Å². The zero-order chi connectivity index (χ0) is 25.4. The third-order valence-corrected chi connectivity index (χ3v) is 7.39. The first-order valence-electron chi connectivity index (χ1n) is 11.8. The van der Waals surface area contributed by atoms with Crippen molar-refractivity contribution in [2.75, 3.05) is 44.7 Å². The summed E-state index contributed by atoms with van der Waals surface area (Å²) in [4.78, 5) is 26.2. The van der Waals surface area contributed by atoms with Crippen molar-refractivity contribution in [3.63, 3.8) is 0 Å². The van der Waals surface area contributed by atoms with Gasteiger partial charge in [-0.05, 0) is 17.0 Å². The molecule has 3 aromatic heterocycles. The van der Waals surface area contributed by atoms with Crippen LogP contribution in [0, 0.1) is 11.8 Å². The molecule has 2 aliphatic rings. The number of halogens is 2. The molecular weight excluding hydrogens is 502 g/mol. The number of anilines is 1. The van der Waals surface area contributed by atoms with Gasteiger partial charge in [0, 0.05) is 54.3 Å². The number of hydrogen-bond donors (Lipinski definition) is 2. The number of nitrogens with zero attached hydrogens (tertiary/aromatic N) is 4. The fourth-order valence-corrected chi connectivity index (χ4v) is 5.62. The third kappa shape index (κ3) is 4.70. The van der Waals surface area contributed by atoms with Gasteiger partial charge in [0.05, 0.1) is 24.3 Å². The summed E-state index contributed by atoms with van der Waals surface area (Å²) in [5, 5.41) is 6.67. The second kappa shape index (κ2) is 9.96. The van der Waals surface area contributed by atoms with Crippen LogP contribution in [0.1, 0.15) is 11.9 Å². The molecule has 0 aliphatic carbocycles. The van der Waals surface area contributed by atoms with Gasteiger partial charge >= 0.3 is 6.03 Å². The van der Waals surface area contributed by atoms with E-state index in [4.69, 9.17) is 9.47 Å². The highest BCUT2D eigenvalue weighted by molar-refractivity contribution is 7.22. The van der Waals surface area contributed by atoms with Crippen LogP contribution in [-0.4, -0.2) is 65.3 Å². The van der Waals surface area contributed by atoms with Crippen LogP contribution in [0.2, 0.25) is 0 Å². The van der Waals surface area contributed by atoms with E-state index < -0.39 is 18.1 Å². The zero-order valence-electron chi connectivity index (χ0n) is 19.5. The Morgan fingerprint density at radius 3 is 2.81 bits per heavy atom. The first kappa shape index (κ1) is 23.6. The Kier molecular flexibility index (Phi) is 6.37. The molecule has 2 aliphatic heterocycles. The van der Waals surface area contributed by atoms with E-state index in [0.717, 1.165) is 21.8 Å². The van der Waals surface area contributed by atoms with E-state index in [2.05, 4.69) is 25.6 Å². The van der Waals surface area contributed by atoms with Gasteiger partial charge in [-0.1, -0.05) is 18.2 Å². The summed E-state index contributed by atoms with van der Waals surface area (Å²) in [7, 11) is 0. The van der Waals surface area contributed by atoms with Crippen LogP contribution in [0.3, 0.4) is 0 Å². The number of amides is 2. The maximum Gasteiger partial charge on any atom is 0.317 e. The minimum atomic E-state index is -0.627. The summed E-state index contributed by atoms with van der Waals surface area (Å²) in [6, 6.07) is 8.78. The molecule has 2 amide bonds. The van der Waals surface area contributed by atoms with Gasteiger partial charge in [-0.3, -0.25) is 0 Å². The van der Waals surface area contributed by atoms with Crippen molar-refractivity contribution < 1.29 is 23.0 Å². The Morgan fingerprint density at radius 1 is 1.14 bits per heavy atom. The average Bonchev–Trinajstić information content (AvgIpc) is 3.66. The highest BCUT2D eigenvalue weighted by Gasteiger charge is 2.25. The largest absolute Gasteiger partial charge is 0.352 e. The lowest BCUT2D eigenvalue weighted by atomic mass is 10.00. The number of benzene rings is 1. The highest BCUT2D eigenvalue weighted by atomic mass is 32.1. The molecule has 2 N–H and O–H groups in total. The number of pyridine rings is 1. The fourth-order valence-electron chi connectivity index (χ4n) is 4.44. The molecule has 1 aromatic carbocycles. The van der Waals surface area contributed by atoms with Gasteiger partial charge in [-0.2, -0.15) is 4.39 Å². The standard InChI is InChI=1S/C25H22F2N6O3S/c26-18-13-31-24(28-4-6-33-7-5-29-25(33)34)32-21(18)19-10-14-2-1-3-15(22(14)37-19)16-11-20(27)30-12-17(16)23-35-8-9-36-23/h1-3,10-13,23H,4-9H2,(H,29,34)(H,28,31,32). The Labute approximate surface area is 214 Å². The Balaban J connectivity index is 1.32. The van der Waals surface area contributed by atoms with Crippen LogP contribution in [0.25, 0.3) is 31.8 Å². The fraction of sp³-hybridized carbons (Fsp3) is 0.280. The van der Waals surface area contributed by atoms with Crippen molar-refractivity contribution in [1.82, 2.24) is 25.2 Å². The molecule has 0 unspecified atom stereocenters. The first-order valence-corrected chi connectivity index (χ1v) is 12.6. The van der Waals surface area contributed by atoms with E-state index in [0.29, 0.717) is 55.4 Å². The van der Waals surface area contributed by atoms with Gasteiger partial charge in [0.25, 0.3) is 0 Å². The molecule has 9 nitrogen and oxygen atoms in total. The maximum atomic E-state index is 14.8. The molecule has 0 spiro atoms. The summed E-state index contributed by atoms with van der Waals surface area (Å²) in [5.74, 6) is -0.904. The zero-order valence-corrected chi connectivity index (χ0v) is 20.4. The summed E-state index contributed by atoms with van der Waals surface area (Å²) in [6.45, 7) is 3.07. The highest BCUT2D eigenvalue weighted by Crippen LogP contribution is 2.42. The first-order chi connectivity index (χ1) is 18.1. The van der Waals surface area contributed by atoms with Crippen LogP contribution in [0.15, 0.2) is 42.7 Å². The number of urea groups is 1. The second-order valence-electron chi connectivity index (χ2n) is 8.54. The van der Waals surface area contributed by atoms with Crippen LogP contribution < -0.4 is 10.6 Å². The van der Waals surface area contributed by atoms with E-state index >= 15 is 0 Å². The lowest BCUT2D eigenvalue weighted by Crippen LogP contribution is -2.32. The molecule has 6 rings (SSSR count). The number of rotatable bonds is 7. The number of carbonyl (C=O) groups excluding carboxylic acids is 1. The minimum absolute atomic E-state index is 0.105. The van der Waals surface area contributed by atoms with E-state index in [1.807, 2.05) is 24.3 Å². The minimum Gasteiger partial charge on any atom is -0.352 e. The van der Waals surface area contributed by atoms with Gasteiger partial charge in [-0.15, -0.1) is 11.3 Å².